The molecule has 0 aromatic heterocycles. The van der Waals surface area contributed by atoms with Crippen molar-refractivity contribution in [2.24, 2.45) is 0 Å². The summed E-state index contributed by atoms with van der Waals surface area (Å²) in [6.07, 6.45) is 0. The molecule has 1 amide bonds. The summed E-state index contributed by atoms with van der Waals surface area (Å²) in [6.45, 7) is 0.249. The van der Waals surface area contributed by atoms with Gasteiger partial charge in [-0.1, -0.05) is 60.7 Å². The van der Waals surface area contributed by atoms with Crippen molar-refractivity contribution in [3.05, 3.63) is 95.8 Å². The van der Waals surface area contributed by atoms with Gasteiger partial charge in [-0.25, -0.2) is 12.8 Å². The number of hydrogen-bond acceptors (Lipinski definition) is 4. The Morgan fingerprint density at radius 1 is 0.906 bits per heavy atom. The SMILES string of the molecule is COc1ccc(F)cc1S(=O)(=O)N(C)CC(=O)N(Cc1ccccc1)Cc1ccccc1. The Morgan fingerprint density at radius 3 is 1.94 bits per heavy atom. The number of carbonyl (C=O) groups is 1. The van der Waals surface area contributed by atoms with Crippen LogP contribution in [0.5, 0.6) is 5.75 Å². The number of rotatable bonds is 9. The molecule has 3 aromatic rings. The number of halogens is 1. The molecule has 0 N–H and O–H groups in total. The maximum Gasteiger partial charge on any atom is 0.247 e. The van der Waals surface area contributed by atoms with Crippen molar-refractivity contribution in [2.75, 3.05) is 20.7 Å². The molecule has 168 valence electrons. The zero-order valence-corrected chi connectivity index (χ0v) is 18.8. The molecule has 0 aliphatic heterocycles. The van der Waals surface area contributed by atoms with E-state index in [2.05, 4.69) is 0 Å². The first-order valence-corrected chi connectivity index (χ1v) is 11.4. The second-order valence-electron chi connectivity index (χ2n) is 7.28. The predicted octanol–water partition coefficient (Wildman–Crippen LogP) is 3.68. The maximum atomic E-state index is 13.7. The van der Waals surface area contributed by atoms with E-state index in [0.717, 1.165) is 27.6 Å². The molecule has 0 bridgehead atoms. The van der Waals surface area contributed by atoms with Gasteiger partial charge in [-0.3, -0.25) is 4.79 Å². The normalized spacial score (nSPS) is 11.4. The van der Waals surface area contributed by atoms with E-state index >= 15 is 0 Å². The van der Waals surface area contributed by atoms with Crippen molar-refractivity contribution in [3.8, 4) is 5.75 Å². The van der Waals surface area contributed by atoms with Gasteiger partial charge in [0.1, 0.15) is 16.5 Å². The molecule has 0 unspecified atom stereocenters. The topological polar surface area (TPSA) is 66.9 Å². The van der Waals surface area contributed by atoms with Gasteiger partial charge in [-0.05, 0) is 29.3 Å². The molecule has 32 heavy (non-hydrogen) atoms. The van der Waals surface area contributed by atoms with Gasteiger partial charge in [-0.2, -0.15) is 4.31 Å². The van der Waals surface area contributed by atoms with E-state index in [4.69, 9.17) is 4.74 Å². The smallest absolute Gasteiger partial charge is 0.247 e. The Kier molecular flexibility index (Phi) is 7.61. The highest BCUT2D eigenvalue weighted by Gasteiger charge is 2.28. The molecule has 0 heterocycles. The second kappa shape index (κ2) is 10.4. The van der Waals surface area contributed by atoms with Gasteiger partial charge < -0.3 is 9.64 Å². The summed E-state index contributed by atoms with van der Waals surface area (Å²) in [4.78, 5) is 14.4. The van der Waals surface area contributed by atoms with Crippen LogP contribution in [0.4, 0.5) is 4.39 Å². The lowest BCUT2D eigenvalue weighted by molar-refractivity contribution is -0.132. The summed E-state index contributed by atoms with van der Waals surface area (Å²) in [7, 11) is -1.56. The zero-order valence-electron chi connectivity index (χ0n) is 17.9. The van der Waals surface area contributed by atoms with Crippen LogP contribution in [-0.4, -0.2) is 44.2 Å². The number of sulfonamides is 1. The van der Waals surface area contributed by atoms with Crippen LogP contribution in [0.2, 0.25) is 0 Å². The first-order valence-electron chi connectivity index (χ1n) is 9.97. The van der Waals surface area contributed by atoms with Gasteiger partial charge in [0.25, 0.3) is 0 Å². The third-order valence-corrected chi connectivity index (χ3v) is 6.78. The van der Waals surface area contributed by atoms with Gasteiger partial charge in [-0.15, -0.1) is 0 Å². The average molecular weight is 457 g/mol. The molecular weight excluding hydrogens is 431 g/mol. The maximum absolute atomic E-state index is 13.7. The quantitative estimate of drug-likeness (QED) is 0.493. The molecule has 0 fully saturated rings. The molecule has 3 rings (SSSR count). The average Bonchev–Trinajstić information content (AvgIpc) is 2.80. The summed E-state index contributed by atoms with van der Waals surface area (Å²) in [5.74, 6) is -1.07. The minimum Gasteiger partial charge on any atom is -0.495 e. The fraction of sp³-hybridized carbons (Fsp3) is 0.208. The van der Waals surface area contributed by atoms with Crippen LogP contribution in [0, 0.1) is 5.82 Å². The summed E-state index contributed by atoms with van der Waals surface area (Å²) >= 11 is 0. The highest BCUT2D eigenvalue weighted by atomic mass is 32.2. The molecule has 0 spiro atoms. The number of ether oxygens (including phenoxy) is 1. The molecule has 6 nitrogen and oxygen atoms in total. The molecule has 8 heteroatoms. The molecule has 0 aliphatic carbocycles. The number of likely N-dealkylation sites (N-methyl/N-ethyl adjacent to an activating group) is 1. The Labute approximate surface area is 187 Å². The van der Waals surface area contributed by atoms with Crippen LogP contribution in [0.25, 0.3) is 0 Å². The van der Waals surface area contributed by atoms with Gasteiger partial charge in [0, 0.05) is 20.1 Å². The Hall–Kier alpha value is -3.23. The minimum absolute atomic E-state index is 0.0103. The number of methoxy groups -OCH3 is 1. The standard InChI is InChI=1S/C24H25FN2O4S/c1-26(32(29,30)23-15-21(25)13-14-22(23)31-2)18-24(28)27(16-19-9-5-3-6-10-19)17-20-11-7-4-8-12-20/h3-15H,16-18H2,1-2H3. The van der Waals surface area contributed by atoms with E-state index in [0.29, 0.717) is 13.1 Å². The summed E-state index contributed by atoms with van der Waals surface area (Å²) in [6, 6.07) is 22.2. The van der Waals surface area contributed by atoms with Crippen molar-refractivity contribution in [3.63, 3.8) is 0 Å². The predicted molar refractivity (Wildman–Crippen MR) is 120 cm³/mol. The van der Waals surface area contributed by atoms with E-state index in [9.17, 15) is 17.6 Å². The third kappa shape index (κ3) is 5.72. The first kappa shape index (κ1) is 23.4. The molecule has 0 atom stereocenters. The summed E-state index contributed by atoms with van der Waals surface area (Å²) in [5.41, 5.74) is 1.85. The van der Waals surface area contributed by atoms with E-state index in [1.807, 2.05) is 60.7 Å². The van der Waals surface area contributed by atoms with Gasteiger partial charge in [0.15, 0.2) is 0 Å². The molecule has 0 saturated heterocycles. The van der Waals surface area contributed by atoms with Gasteiger partial charge in [0.2, 0.25) is 15.9 Å². The monoisotopic (exact) mass is 456 g/mol. The first-order chi connectivity index (χ1) is 15.3. The third-order valence-electron chi connectivity index (χ3n) is 4.96. The van der Waals surface area contributed by atoms with Gasteiger partial charge >= 0.3 is 0 Å². The lowest BCUT2D eigenvalue weighted by Gasteiger charge is -2.26. The van der Waals surface area contributed by atoms with Crippen LogP contribution in [-0.2, 0) is 27.9 Å². The molecule has 0 radical (unpaired) electrons. The van der Waals surface area contributed by atoms with Crippen molar-refractivity contribution >= 4 is 15.9 Å². The van der Waals surface area contributed by atoms with Crippen molar-refractivity contribution in [2.45, 2.75) is 18.0 Å². The molecule has 0 saturated carbocycles. The van der Waals surface area contributed by atoms with E-state index in [1.165, 1.54) is 20.2 Å². The Morgan fingerprint density at radius 2 is 1.44 bits per heavy atom. The zero-order chi connectivity index (χ0) is 23.1. The number of benzene rings is 3. The van der Waals surface area contributed by atoms with Crippen molar-refractivity contribution < 1.29 is 22.3 Å². The largest absolute Gasteiger partial charge is 0.495 e. The highest BCUT2D eigenvalue weighted by molar-refractivity contribution is 7.89. The highest BCUT2D eigenvalue weighted by Crippen LogP contribution is 2.27. The number of hydrogen-bond donors (Lipinski definition) is 0. The van der Waals surface area contributed by atoms with E-state index < -0.39 is 22.4 Å². The molecular formula is C24H25FN2O4S. The van der Waals surface area contributed by atoms with Crippen LogP contribution in [0.3, 0.4) is 0 Å². The number of nitrogens with zero attached hydrogens (tertiary/aromatic N) is 2. The van der Waals surface area contributed by atoms with Crippen molar-refractivity contribution in [1.29, 1.82) is 0 Å². The fourth-order valence-electron chi connectivity index (χ4n) is 3.24. The van der Waals surface area contributed by atoms with Crippen LogP contribution >= 0.6 is 0 Å². The van der Waals surface area contributed by atoms with Crippen molar-refractivity contribution in [1.82, 2.24) is 9.21 Å². The van der Waals surface area contributed by atoms with E-state index in [1.54, 1.807) is 4.90 Å². The lowest BCUT2D eigenvalue weighted by Crippen LogP contribution is -2.40. The fourth-order valence-corrected chi connectivity index (χ4v) is 4.52. The summed E-state index contributed by atoms with van der Waals surface area (Å²) in [5, 5.41) is 0. The van der Waals surface area contributed by atoms with Crippen LogP contribution in [0.15, 0.2) is 83.8 Å². The Balaban J connectivity index is 1.83. The van der Waals surface area contributed by atoms with Gasteiger partial charge in [0.05, 0.1) is 13.7 Å². The van der Waals surface area contributed by atoms with Crippen LogP contribution < -0.4 is 4.74 Å². The summed E-state index contributed by atoms with van der Waals surface area (Å²) < 4.78 is 45.8. The second-order valence-corrected chi connectivity index (χ2v) is 9.29. The Bertz CT molecular complexity index is 1110. The van der Waals surface area contributed by atoms with E-state index in [-0.39, 0.29) is 16.6 Å². The molecule has 0 aliphatic rings. The minimum atomic E-state index is -4.16. The number of carbonyl (C=O) groups excluding carboxylic acids is 1. The molecule has 3 aromatic carbocycles. The lowest BCUT2D eigenvalue weighted by atomic mass is 10.1. The number of amides is 1. The van der Waals surface area contributed by atoms with Crippen LogP contribution in [0.1, 0.15) is 11.1 Å².